The van der Waals surface area contributed by atoms with Gasteiger partial charge in [-0.25, -0.2) is 9.98 Å². The van der Waals surface area contributed by atoms with E-state index in [4.69, 9.17) is 28.9 Å². The zero-order valence-electron chi connectivity index (χ0n) is 32.2. The van der Waals surface area contributed by atoms with E-state index in [2.05, 4.69) is 10.3 Å². The zero-order valence-corrected chi connectivity index (χ0v) is 32.2. The van der Waals surface area contributed by atoms with Gasteiger partial charge in [-0.3, -0.25) is 9.59 Å². The number of nitrogens with one attached hydrogen (secondary N) is 2. The Morgan fingerprint density at radius 1 is 0.448 bits per heavy atom. The highest BCUT2D eigenvalue weighted by molar-refractivity contribution is 6.50. The first-order chi connectivity index (χ1) is 28.3. The smallest absolute Gasteiger partial charge is 0.248 e. The van der Waals surface area contributed by atoms with Crippen LogP contribution in [0, 0.1) is 0 Å². The number of aromatic nitrogens is 1. The van der Waals surface area contributed by atoms with Gasteiger partial charge >= 0.3 is 0 Å². The molecule has 58 heavy (non-hydrogen) atoms. The molecule has 0 atom stereocenters. The maximum Gasteiger partial charge on any atom is 0.248 e. The lowest BCUT2D eigenvalue weighted by Gasteiger charge is -2.13. The van der Waals surface area contributed by atoms with E-state index in [1.165, 1.54) is 6.08 Å². The molecule has 4 aromatic carbocycles. The fourth-order valence-corrected chi connectivity index (χ4v) is 6.96. The van der Waals surface area contributed by atoms with E-state index in [1.807, 2.05) is 103 Å². The number of aromatic amines is 1. The summed E-state index contributed by atoms with van der Waals surface area (Å²) in [5.41, 5.74) is 10.1. The van der Waals surface area contributed by atoms with Crippen LogP contribution in [0.3, 0.4) is 0 Å². The summed E-state index contributed by atoms with van der Waals surface area (Å²) >= 11 is 0. The normalized spacial score (nSPS) is 16.8. The standard InChI is InChI=1S/C48H38N4O6/c1-55-33-13-5-29(6-14-33)45(38-23-24-40(50-38)47(42-27-28-44(53)52-42)31-9-17-35(57-3)18-10-31)37-21-22-39(49-37)46(30-7-15-34(56-2)16-8-30)41-25-26-43(51-41)48(54)32-11-19-36(58-4)20-12-32/h5-28,49H,1-4H3,(H,52,53)/b45-38-,46-41-,47-42-. The lowest BCUT2D eigenvalue weighted by molar-refractivity contribution is -0.115. The third-order valence-corrected chi connectivity index (χ3v) is 9.92. The number of H-pyrrole nitrogens is 1. The molecule has 10 nitrogen and oxygen atoms in total. The molecule has 8 rings (SSSR count). The van der Waals surface area contributed by atoms with E-state index in [9.17, 15) is 9.59 Å². The average Bonchev–Trinajstić information content (AvgIpc) is 4.12. The number of ketones is 1. The van der Waals surface area contributed by atoms with Crippen molar-refractivity contribution >= 4 is 39.8 Å². The number of rotatable bonds is 12. The summed E-state index contributed by atoms with van der Waals surface area (Å²) in [6.45, 7) is 0. The van der Waals surface area contributed by atoms with Crippen LogP contribution in [0.25, 0.3) is 16.7 Å². The zero-order chi connectivity index (χ0) is 40.2. The van der Waals surface area contributed by atoms with Crippen LogP contribution in [-0.2, 0) is 4.79 Å². The molecule has 2 N–H and O–H groups in total. The summed E-state index contributed by atoms with van der Waals surface area (Å²) in [7, 11) is 6.47. The number of carbonyl (C=O) groups excluding carboxylic acids is 2. The number of carbonyl (C=O) groups is 2. The molecule has 0 saturated carbocycles. The molecule has 286 valence electrons. The number of nitrogens with zero attached hydrogens (tertiary/aromatic N) is 2. The molecule has 0 fully saturated rings. The number of allylic oxidation sites excluding steroid dienone is 6. The summed E-state index contributed by atoms with van der Waals surface area (Å²) in [6, 6.07) is 34.2. The molecule has 0 spiro atoms. The van der Waals surface area contributed by atoms with Gasteiger partial charge in [0.2, 0.25) is 11.7 Å². The van der Waals surface area contributed by atoms with Crippen molar-refractivity contribution in [2.75, 3.05) is 28.4 Å². The second-order valence-corrected chi connectivity index (χ2v) is 13.3. The molecule has 1 amide bonds. The van der Waals surface area contributed by atoms with Crippen molar-refractivity contribution in [3.05, 3.63) is 196 Å². The van der Waals surface area contributed by atoms with Crippen LogP contribution in [0.1, 0.15) is 38.4 Å². The summed E-state index contributed by atoms with van der Waals surface area (Å²) in [5, 5.41) is 2.96. The lowest BCUT2D eigenvalue weighted by Crippen LogP contribution is -2.16. The van der Waals surface area contributed by atoms with Crippen LogP contribution in [0.5, 0.6) is 23.0 Å². The van der Waals surface area contributed by atoms with E-state index < -0.39 is 0 Å². The minimum absolute atomic E-state index is 0.194. The van der Waals surface area contributed by atoms with Gasteiger partial charge in [0.15, 0.2) is 0 Å². The Bertz CT molecular complexity index is 2670. The summed E-state index contributed by atoms with van der Waals surface area (Å²) in [4.78, 5) is 39.7. The predicted octanol–water partition coefficient (Wildman–Crippen LogP) is 8.57. The van der Waals surface area contributed by atoms with Gasteiger partial charge < -0.3 is 29.2 Å². The number of methoxy groups -OCH3 is 4. The van der Waals surface area contributed by atoms with Gasteiger partial charge in [-0.15, -0.1) is 0 Å². The maximum absolute atomic E-state index is 13.6. The van der Waals surface area contributed by atoms with Gasteiger partial charge in [0.05, 0.1) is 51.2 Å². The number of benzene rings is 4. The fraction of sp³-hybridized carbons (Fsp3) is 0.0833. The summed E-state index contributed by atoms with van der Waals surface area (Å²) < 4.78 is 21.6. The molecule has 10 heteroatoms. The van der Waals surface area contributed by atoms with Gasteiger partial charge in [-0.05, 0) is 120 Å². The molecular formula is C48H38N4O6. The third kappa shape index (κ3) is 7.46. The summed E-state index contributed by atoms with van der Waals surface area (Å²) in [5.74, 6) is 2.43. The van der Waals surface area contributed by atoms with Crippen LogP contribution < -0.4 is 24.3 Å². The average molecular weight is 767 g/mol. The van der Waals surface area contributed by atoms with Gasteiger partial charge in [-0.1, -0.05) is 36.4 Å². The van der Waals surface area contributed by atoms with E-state index >= 15 is 0 Å². The van der Waals surface area contributed by atoms with Gasteiger partial charge in [-0.2, -0.15) is 0 Å². The number of aliphatic imine (C=N–C) groups is 2. The van der Waals surface area contributed by atoms with Crippen molar-refractivity contribution in [2.24, 2.45) is 9.98 Å². The Hall–Kier alpha value is -7.72. The molecule has 0 unspecified atom stereocenters. The first kappa shape index (κ1) is 37.2. The monoisotopic (exact) mass is 766 g/mol. The predicted molar refractivity (Wildman–Crippen MR) is 226 cm³/mol. The number of hydrogen-bond donors (Lipinski definition) is 2. The minimum atomic E-state index is -0.197. The van der Waals surface area contributed by atoms with Crippen LogP contribution in [0.15, 0.2) is 173 Å². The second-order valence-electron chi connectivity index (χ2n) is 13.3. The summed E-state index contributed by atoms with van der Waals surface area (Å²) in [6.07, 6.45) is 10.8. The van der Waals surface area contributed by atoms with Crippen LogP contribution >= 0.6 is 0 Å². The molecule has 5 aromatic rings. The number of ether oxygens (including phenoxy) is 4. The molecule has 1 aromatic heterocycles. The first-order valence-electron chi connectivity index (χ1n) is 18.4. The maximum atomic E-state index is 13.6. The van der Waals surface area contributed by atoms with Crippen molar-refractivity contribution < 1.29 is 28.5 Å². The topological polar surface area (TPSA) is 124 Å². The van der Waals surface area contributed by atoms with Crippen molar-refractivity contribution in [1.29, 1.82) is 0 Å². The number of hydrogen-bond acceptors (Lipinski definition) is 8. The van der Waals surface area contributed by atoms with E-state index in [-0.39, 0.29) is 11.7 Å². The Labute approximate surface area is 335 Å². The van der Waals surface area contributed by atoms with Crippen molar-refractivity contribution in [1.82, 2.24) is 10.3 Å². The molecular weight excluding hydrogens is 729 g/mol. The van der Waals surface area contributed by atoms with Crippen molar-refractivity contribution in [3.8, 4) is 23.0 Å². The highest BCUT2D eigenvalue weighted by atomic mass is 16.5. The Balaban J connectivity index is 1.25. The van der Waals surface area contributed by atoms with Crippen LogP contribution in [0.4, 0.5) is 0 Å². The second kappa shape index (κ2) is 16.2. The molecule has 0 saturated heterocycles. The fourth-order valence-electron chi connectivity index (χ4n) is 6.96. The molecule has 0 bridgehead atoms. The highest BCUT2D eigenvalue weighted by Crippen LogP contribution is 2.37. The van der Waals surface area contributed by atoms with E-state index in [1.54, 1.807) is 64.9 Å². The van der Waals surface area contributed by atoms with E-state index in [0.717, 1.165) is 56.3 Å². The SMILES string of the molecule is COc1ccc(C(=O)C2=N/C(=C(/c3ccc(OC)cc3)c3ccc(/C(=C4/C=CC(C(=C5/C=CC(=O)N5)/c5ccc(OC)cc5)=N4)c4ccc(OC)cc4)[nH]3)C=C2)cc1. The molecule has 0 radical (unpaired) electrons. The molecule has 3 aliphatic rings. The minimum Gasteiger partial charge on any atom is -0.497 e. The molecule has 3 aliphatic heterocycles. The Morgan fingerprint density at radius 3 is 1.26 bits per heavy atom. The quantitative estimate of drug-likeness (QED) is 0.123. The van der Waals surface area contributed by atoms with Gasteiger partial charge in [0.25, 0.3) is 0 Å². The Kier molecular flexibility index (Phi) is 10.4. The van der Waals surface area contributed by atoms with E-state index in [0.29, 0.717) is 45.6 Å². The van der Waals surface area contributed by atoms with Crippen LogP contribution in [-0.4, -0.2) is 56.5 Å². The molecule has 4 heterocycles. The van der Waals surface area contributed by atoms with Crippen molar-refractivity contribution in [3.63, 3.8) is 0 Å². The first-order valence-corrected chi connectivity index (χ1v) is 18.4. The number of Topliss-reactive ketones (excluding diaryl/α,β-unsaturated/α-hetero) is 1. The van der Waals surface area contributed by atoms with Crippen LogP contribution in [0.2, 0.25) is 0 Å². The number of amides is 1. The highest BCUT2D eigenvalue weighted by Gasteiger charge is 2.25. The third-order valence-electron chi connectivity index (χ3n) is 9.92. The van der Waals surface area contributed by atoms with Gasteiger partial charge in [0, 0.05) is 39.7 Å². The van der Waals surface area contributed by atoms with Crippen molar-refractivity contribution in [2.45, 2.75) is 0 Å². The lowest BCUT2D eigenvalue weighted by atomic mass is 9.98. The molecule has 0 aliphatic carbocycles. The van der Waals surface area contributed by atoms with Gasteiger partial charge in [0.1, 0.15) is 28.7 Å². The largest absolute Gasteiger partial charge is 0.497 e. The Morgan fingerprint density at radius 2 is 0.845 bits per heavy atom.